The van der Waals surface area contributed by atoms with E-state index in [9.17, 15) is 18.8 Å². The fraction of sp³-hybridized carbons (Fsp3) is 0.514. The second kappa shape index (κ2) is 13.3. The van der Waals surface area contributed by atoms with Gasteiger partial charge >= 0.3 is 6.03 Å². The second-order valence-electron chi connectivity index (χ2n) is 13.7. The molecule has 2 aromatic carbocycles. The molecule has 1 saturated carbocycles. The van der Waals surface area contributed by atoms with Gasteiger partial charge in [-0.3, -0.25) is 24.5 Å². The molecule has 4 fully saturated rings. The summed E-state index contributed by atoms with van der Waals surface area (Å²) in [6.45, 7) is 4.95. The minimum Gasteiger partial charge on any atom is -0.493 e. The topological polar surface area (TPSA) is 129 Å². The van der Waals surface area contributed by atoms with E-state index in [4.69, 9.17) is 4.74 Å². The van der Waals surface area contributed by atoms with Crippen LogP contribution in [0.5, 0.6) is 5.75 Å². The van der Waals surface area contributed by atoms with Crippen molar-refractivity contribution in [3.8, 4) is 5.75 Å². The fourth-order valence-corrected chi connectivity index (χ4v) is 8.46. The summed E-state index contributed by atoms with van der Waals surface area (Å²) in [5.41, 5.74) is 2.01. The van der Waals surface area contributed by atoms with Crippen molar-refractivity contribution in [3.63, 3.8) is 0 Å². The number of aromatic nitrogens is 4. The van der Waals surface area contributed by atoms with Crippen molar-refractivity contribution < 1.29 is 18.7 Å². The van der Waals surface area contributed by atoms with E-state index in [0.29, 0.717) is 59.0 Å². The van der Waals surface area contributed by atoms with Crippen LogP contribution in [0.15, 0.2) is 35.1 Å². The van der Waals surface area contributed by atoms with Crippen molar-refractivity contribution in [3.05, 3.63) is 52.3 Å². The number of anilines is 2. The SMILES string of the molecule is Cn1nc(N2CCC(=O)NC2=O)c2ccc(N3CCC(N4CCC(SCc5nc6cc(OCC7CC7)cc(F)c6c(=O)[nH]5)CC4)CC3)cc21. The van der Waals surface area contributed by atoms with Crippen LogP contribution in [0.2, 0.25) is 0 Å². The fourth-order valence-electron chi connectivity index (χ4n) is 7.38. The average Bonchev–Trinajstić information content (AvgIpc) is 3.88. The van der Waals surface area contributed by atoms with Crippen LogP contribution in [-0.2, 0) is 17.6 Å². The van der Waals surface area contributed by atoms with Gasteiger partial charge in [-0.15, -0.1) is 0 Å². The highest BCUT2D eigenvalue weighted by Crippen LogP contribution is 2.34. The van der Waals surface area contributed by atoms with Crippen LogP contribution >= 0.6 is 11.8 Å². The number of aromatic amines is 1. The minimum absolute atomic E-state index is 0.0125. The van der Waals surface area contributed by atoms with E-state index >= 15 is 0 Å². The number of urea groups is 1. The molecule has 5 heterocycles. The van der Waals surface area contributed by atoms with Gasteiger partial charge in [0.15, 0.2) is 5.82 Å². The number of likely N-dealkylation sites (tertiary alicyclic amines) is 1. The van der Waals surface area contributed by atoms with E-state index < -0.39 is 17.4 Å². The molecular formula is C35H41FN8O4S. The molecule has 0 radical (unpaired) electrons. The zero-order chi connectivity index (χ0) is 33.6. The molecule has 258 valence electrons. The lowest BCUT2D eigenvalue weighted by Gasteiger charge is -2.42. The molecule has 12 nitrogen and oxygen atoms in total. The van der Waals surface area contributed by atoms with Gasteiger partial charge < -0.3 is 19.5 Å². The van der Waals surface area contributed by atoms with Crippen LogP contribution < -0.4 is 25.4 Å². The van der Waals surface area contributed by atoms with Crippen molar-refractivity contribution in [2.24, 2.45) is 13.0 Å². The minimum atomic E-state index is -0.595. The lowest BCUT2D eigenvalue weighted by Crippen LogP contribution is -2.49. The first-order valence-electron chi connectivity index (χ1n) is 17.3. The van der Waals surface area contributed by atoms with E-state index in [2.05, 4.69) is 42.3 Å². The summed E-state index contributed by atoms with van der Waals surface area (Å²) in [6.07, 6.45) is 6.92. The van der Waals surface area contributed by atoms with Gasteiger partial charge in [0.25, 0.3) is 5.56 Å². The maximum absolute atomic E-state index is 14.7. The number of thioether (sulfide) groups is 1. The molecule has 0 spiro atoms. The zero-order valence-corrected chi connectivity index (χ0v) is 28.4. The van der Waals surface area contributed by atoms with Gasteiger partial charge in [0.2, 0.25) is 5.91 Å². The molecule has 0 atom stereocenters. The molecular weight excluding hydrogens is 648 g/mol. The van der Waals surface area contributed by atoms with Crippen LogP contribution in [0.25, 0.3) is 21.8 Å². The smallest absolute Gasteiger partial charge is 0.329 e. The number of amides is 3. The molecule has 3 aliphatic heterocycles. The molecule has 2 aromatic heterocycles. The van der Waals surface area contributed by atoms with E-state index in [-0.39, 0.29) is 17.7 Å². The van der Waals surface area contributed by atoms with E-state index in [1.54, 1.807) is 11.0 Å². The van der Waals surface area contributed by atoms with Gasteiger partial charge in [-0.1, -0.05) is 0 Å². The Morgan fingerprint density at radius 3 is 2.53 bits per heavy atom. The third-order valence-electron chi connectivity index (χ3n) is 10.4. The number of nitrogens with zero attached hydrogens (tertiary/aromatic N) is 6. The Hall–Kier alpha value is -4.17. The normalized spacial score (nSPS) is 20.0. The summed E-state index contributed by atoms with van der Waals surface area (Å²) >= 11 is 1.82. The first kappa shape index (κ1) is 32.1. The Labute approximate surface area is 287 Å². The number of piperidine rings is 2. The van der Waals surface area contributed by atoms with Crippen molar-refractivity contribution in [2.75, 3.05) is 49.1 Å². The number of rotatable bonds is 9. The van der Waals surface area contributed by atoms with Crippen LogP contribution in [0.1, 0.15) is 50.8 Å². The number of benzene rings is 2. The Morgan fingerprint density at radius 2 is 1.78 bits per heavy atom. The number of ether oxygens (including phenoxy) is 1. The van der Waals surface area contributed by atoms with Gasteiger partial charge in [0.1, 0.15) is 22.8 Å². The first-order chi connectivity index (χ1) is 23.8. The number of H-pyrrole nitrogens is 1. The predicted octanol–water partition coefficient (Wildman–Crippen LogP) is 4.55. The van der Waals surface area contributed by atoms with Gasteiger partial charge in [-0.2, -0.15) is 16.9 Å². The number of carbonyl (C=O) groups excluding carboxylic acids is 2. The highest BCUT2D eigenvalue weighted by molar-refractivity contribution is 7.99. The lowest BCUT2D eigenvalue weighted by molar-refractivity contribution is -0.120. The van der Waals surface area contributed by atoms with Crippen molar-refractivity contribution in [1.82, 2.24) is 30.0 Å². The van der Waals surface area contributed by atoms with E-state index in [1.165, 1.54) is 6.07 Å². The summed E-state index contributed by atoms with van der Waals surface area (Å²) in [4.78, 5) is 50.8. The summed E-state index contributed by atoms with van der Waals surface area (Å²) in [6, 6.07) is 9.40. The molecule has 8 rings (SSSR count). The maximum atomic E-state index is 14.7. The van der Waals surface area contributed by atoms with Gasteiger partial charge in [0, 0.05) is 67.6 Å². The second-order valence-corrected chi connectivity index (χ2v) is 15.0. The number of hydrogen-bond acceptors (Lipinski definition) is 9. The number of aryl methyl sites for hydroxylation is 1. The average molecular weight is 689 g/mol. The Bertz CT molecular complexity index is 1960. The lowest BCUT2D eigenvalue weighted by atomic mass is 9.99. The highest BCUT2D eigenvalue weighted by Gasteiger charge is 2.31. The summed E-state index contributed by atoms with van der Waals surface area (Å²) < 4.78 is 22.3. The van der Waals surface area contributed by atoms with Crippen molar-refractivity contribution in [1.29, 1.82) is 0 Å². The summed E-state index contributed by atoms with van der Waals surface area (Å²) in [5.74, 6) is 1.86. The molecule has 14 heteroatoms. The molecule has 4 aromatic rings. The van der Waals surface area contributed by atoms with Gasteiger partial charge in [0.05, 0.1) is 23.4 Å². The largest absolute Gasteiger partial charge is 0.493 e. The van der Waals surface area contributed by atoms with E-state index in [0.717, 1.165) is 81.3 Å². The highest BCUT2D eigenvalue weighted by atomic mass is 32.2. The quantitative estimate of drug-likeness (QED) is 0.260. The molecule has 3 saturated heterocycles. The Balaban J connectivity index is 0.834. The molecule has 3 amide bonds. The third-order valence-corrected chi connectivity index (χ3v) is 11.8. The zero-order valence-electron chi connectivity index (χ0n) is 27.6. The van der Waals surface area contributed by atoms with Gasteiger partial charge in [-0.25, -0.2) is 14.2 Å². The number of imide groups is 1. The monoisotopic (exact) mass is 688 g/mol. The number of nitrogens with one attached hydrogen (secondary N) is 2. The Morgan fingerprint density at radius 1 is 0.980 bits per heavy atom. The standard InChI is InChI=1S/C35H41FN8O4S/c1-41-29-16-23(4-5-26(29)33(40-41)44-15-10-31(45)39-35(44)47)43-11-6-22(7-12-43)42-13-8-25(9-14-42)49-20-30-37-28-18-24(48-19-21-2-3-21)17-27(36)32(28)34(46)38-30/h4-5,16-18,21-22,25H,2-3,6-15,19-20H2,1H3,(H,37,38,46)(H,39,45,47). The molecule has 0 bridgehead atoms. The number of fused-ring (bicyclic) bond motifs is 2. The molecule has 49 heavy (non-hydrogen) atoms. The Kier molecular flexibility index (Phi) is 8.68. The molecule has 4 aliphatic rings. The van der Waals surface area contributed by atoms with Crippen LogP contribution in [0.4, 0.5) is 20.7 Å². The van der Waals surface area contributed by atoms with Crippen LogP contribution in [-0.4, -0.2) is 87.2 Å². The number of halogens is 1. The molecule has 1 aliphatic carbocycles. The maximum Gasteiger partial charge on any atom is 0.329 e. The summed E-state index contributed by atoms with van der Waals surface area (Å²) in [7, 11) is 1.89. The van der Waals surface area contributed by atoms with Crippen LogP contribution in [0.3, 0.4) is 0 Å². The van der Waals surface area contributed by atoms with Gasteiger partial charge in [-0.05, 0) is 75.7 Å². The van der Waals surface area contributed by atoms with E-state index in [1.807, 2.05) is 29.6 Å². The molecule has 2 N–H and O–H groups in total. The molecule has 0 unspecified atom stereocenters. The summed E-state index contributed by atoms with van der Waals surface area (Å²) in [5, 5.41) is 8.37. The van der Waals surface area contributed by atoms with Crippen LogP contribution in [0, 0.1) is 11.7 Å². The third kappa shape index (κ3) is 6.72. The number of carbonyl (C=O) groups is 2. The number of hydrogen-bond donors (Lipinski definition) is 2. The predicted molar refractivity (Wildman–Crippen MR) is 188 cm³/mol. The van der Waals surface area contributed by atoms with Crippen molar-refractivity contribution in [2.45, 2.75) is 62.0 Å². The first-order valence-corrected chi connectivity index (χ1v) is 18.4. The van der Waals surface area contributed by atoms with Crippen molar-refractivity contribution >= 4 is 57.0 Å².